The number of aromatic nitrogens is 1. The molecular weight excluding hydrogens is 284 g/mol. The lowest BCUT2D eigenvalue weighted by Gasteiger charge is -2.19. The van der Waals surface area contributed by atoms with Crippen LogP contribution in [0.25, 0.3) is 11.0 Å². The van der Waals surface area contributed by atoms with Gasteiger partial charge in [0.2, 0.25) is 0 Å². The summed E-state index contributed by atoms with van der Waals surface area (Å²) in [6.07, 6.45) is 3.50. The van der Waals surface area contributed by atoms with E-state index in [1.54, 1.807) is 33.0 Å². The summed E-state index contributed by atoms with van der Waals surface area (Å²) in [6.45, 7) is 7.22. The van der Waals surface area contributed by atoms with Crippen LogP contribution in [0.5, 0.6) is 0 Å². The maximum absolute atomic E-state index is 12.2. The van der Waals surface area contributed by atoms with Gasteiger partial charge in [-0.2, -0.15) is 0 Å². The Hall–Kier alpha value is -2.37. The second-order valence-electron chi connectivity index (χ2n) is 5.98. The molecule has 0 radical (unpaired) electrons. The molecule has 0 aromatic carbocycles. The van der Waals surface area contributed by atoms with Gasteiger partial charge < -0.3 is 9.15 Å². The molecule has 1 N–H and O–H groups in total. The maximum Gasteiger partial charge on any atom is 0.412 e. The largest absolute Gasteiger partial charge is 0.449 e. The maximum atomic E-state index is 12.2. The number of nitrogens with zero attached hydrogens (tertiary/aromatic N) is 1. The number of carbonyl (C=O) groups excluding carboxylic acids is 2. The van der Waals surface area contributed by atoms with Gasteiger partial charge in [-0.15, -0.1) is 0 Å². The number of carbonyl (C=O) groups is 2. The van der Waals surface area contributed by atoms with E-state index in [9.17, 15) is 9.59 Å². The third-order valence-corrected chi connectivity index (χ3v) is 2.85. The summed E-state index contributed by atoms with van der Waals surface area (Å²) in [5.41, 5.74) is 0.164. The summed E-state index contributed by atoms with van der Waals surface area (Å²) in [5.74, 6) is -0.0273. The van der Waals surface area contributed by atoms with E-state index in [1.807, 2.05) is 6.92 Å². The number of nitrogens with one attached hydrogen (secondary N) is 1. The molecule has 1 amide bonds. The van der Waals surface area contributed by atoms with Gasteiger partial charge in [0.25, 0.3) is 0 Å². The van der Waals surface area contributed by atoms with Gasteiger partial charge in [0, 0.05) is 18.0 Å². The molecular formula is C16H20N2O4. The Morgan fingerprint density at radius 1 is 1.36 bits per heavy atom. The van der Waals surface area contributed by atoms with Crippen LogP contribution in [0.2, 0.25) is 0 Å². The number of amides is 1. The first-order chi connectivity index (χ1) is 10.3. The molecule has 6 nitrogen and oxygen atoms in total. The molecule has 2 heterocycles. The van der Waals surface area contributed by atoms with Crippen LogP contribution in [0.4, 0.5) is 10.5 Å². The fourth-order valence-corrected chi connectivity index (χ4v) is 2.02. The molecule has 0 saturated carbocycles. The fourth-order valence-electron chi connectivity index (χ4n) is 2.02. The molecule has 0 fully saturated rings. The summed E-state index contributed by atoms with van der Waals surface area (Å²) >= 11 is 0. The molecule has 0 atom stereocenters. The Morgan fingerprint density at radius 2 is 2.09 bits per heavy atom. The number of pyridine rings is 1. The van der Waals surface area contributed by atoms with Crippen LogP contribution in [0.3, 0.4) is 0 Å². The van der Waals surface area contributed by atoms with Crippen molar-refractivity contribution in [2.75, 3.05) is 5.32 Å². The minimum absolute atomic E-state index is 0.135. The van der Waals surface area contributed by atoms with Gasteiger partial charge >= 0.3 is 6.09 Å². The molecule has 0 aliphatic carbocycles. The van der Waals surface area contributed by atoms with Crippen molar-refractivity contribution in [3.05, 3.63) is 24.2 Å². The van der Waals surface area contributed by atoms with Crippen LogP contribution in [0.1, 0.15) is 51.1 Å². The minimum atomic E-state index is -0.627. The highest BCUT2D eigenvalue weighted by Gasteiger charge is 2.24. The summed E-state index contributed by atoms with van der Waals surface area (Å²) in [5, 5.41) is 3.25. The Morgan fingerprint density at radius 3 is 2.73 bits per heavy atom. The standard InChI is InChI=1S/C16H20N2O4/c1-5-6-11(19)14-13(18-15(20)22-16(2,3)4)10-7-8-17-9-12(10)21-14/h7-9H,5-6H2,1-4H3,(H,18,20). The summed E-state index contributed by atoms with van der Waals surface area (Å²) in [4.78, 5) is 28.2. The lowest BCUT2D eigenvalue weighted by atomic mass is 10.1. The smallest absolute Gasteiger partial charge is 0.412 e. The average Bonchev–Trinajstić information content (AvgIpc) is 2.76. The summed E-state index contributed by atoms with van der Waals surface area (Å²) in [7, 11) is 0. The van der Waals surface area contributed by atoms with Crippen molar-refractivity contribution < 1.29 is 18.7 Å². The Kier molecular flexibility index (Phi) is 4.49. The third-order valence-electron chi connectivity index (χ3n) is 2.85. The van der Waals surface area contributed by atoms with Crippen molar-refractivity contribution in [3.8, 4) is 0 Å². The number of anilines is 1. The molecule has 0 unspecified atom stereocenters. The molecule has 6 heteroatoms. The van der Waals surface area contributed by atoms with Crippen LogP contribution in [-0.4, -0.2) is 22.5 Å². The first kappa shape index (κ1) is 16.0. The molecule has 2 aromatic heterocycles. The molecule has 2 rings (SSSR count). The predicted molar refractivity (Wildman–Crippen MR) is 83.1 cm³/mol. The Labute approximate surface area is 128 Å². The second kappa shape index (κ2) is 6.17. The van der Waals surface area contributed by atoms with Crippen molar-refractivity contribution in [2.45, 2.75) is 46.1 Å². The van der Waals surface area contributed by atoms with Gasteiger partial charge in [0.1, 0.15) is 11.3 Å². The van der Waals surface area contributed by atoms with E-state index in [4.69, 9.17) is 9.15 Å². The molecule has 118 valence electrons. The highest BCUT2D eigenvalue weighted by atomic mass is 16.6. The van der Waals surface area contributed by atoms with E-state index in [0.717, 1.165) is 0 Å². The minimum Gasteiger partial charge on any atom is -0.449 e. The van der Waals surface area contributed by atoms with Crippen LogP contribution in [0, 0.1) is 0 Å². The zero-order valence-corrected chi connectivity index (χ0v) is 13.2. The van der Waals surface area contributed by atoms with Crippen molar-refractivity contribution in [1.29, 1.82) is 0 Å². The molecule has 0 aliphatic rings. The molecule has 0 bridgehead atoms. The Balaban J connectivity index is 2.39. The van der Waals surface area contributed by atoms with E-state index in [1.165, 1.54) is 6.20 Å². The van der Waals surface area contributed by atoms with Gasteiger partial charge in [0.15, 0.2) is 17.1 Å². The SMILES string of the molecule is CCCC(=O)c1oc2cnccc2c1NC(=O)OC(C)(C)C. The van der Waals surface area contributed by atoms with Crippen molar-refractivity contribution >= 4 is 28.5 Å². The predicted octanol–water partition coefficient (Wildman–Crippen LogP) is 4.16. The quantitative estimate of drug-likeness (QED) is 0.858. The number of ketones is 1. The van der Waals surface area contributed by atoms with Crippen LogP contribution < -0.4 is 5.32 Å². The number of fused-ring (bicyclic) bond motifs is 1. The first-order valence-electron chi connectivity index (χ1n) is 7.21. The van der Waals surface area contributed by atoms with Gasteiger partial charge in [-0.25, -0.2) is 4.79 Å². The number of rotatable bonds is 4. The van der Waals surface area contributed by atoms with E-state index < -0.39 is 11.7 Å². The van der Waals surface area contributed by atoms with Crippen molar-refractivity contribution in [3.63, 3.8) is 0 Å². The first-order valence-corrected chi connectivity index (χ1v) is 7.21. The number of Topliss-reactive ketones (excluding diaryl/α,β-unsaturated/α-hetero) is 1. The number of furan rings is 1. The monoisotopic (exact) mass is 304 g/mol. The third kappa shape index (κ3) is 3.63. The van der Waals surface area contributed by atoms with Gasteiger partial charge in [0.05, 0.1) is 6.20 Å². The lowest BCUT2D eigenvalue weighted by molar-refractivity contribution is 0.0636. The Bertz CT molecular complexity index is 698. The average molecular weight is 304 g/mol. The second-order valence-corrected chi connectivity index (χ2v) is 5.98. The highest BCUT2D eigenvalue weighted by molar-refractivity contribution is 6.10. The molecule has 0 saturated heterocycles. The molecule has 22 heavy (non-hydrogen) atoms. The van der Waals surface area contributed by atoms with Crippen molar-refractivity contribution in [1.82, 2.24) is 4.98 Å². The van der Waals surface area contributed by atoms with Gasteiger partial charge in [-0.3, -0.25) is 15.1 Å². The number of ether oxygens (including phenoxy) is 1. The topological polar surface area (TPSA) is 81.4 Å². The van der Waals surface area contributed by atoms with Crippen molar-refractivity contribution in [2.24, 2.45) is 0 Å². The van der Waals surface area contributed by atoms with E-state index in [0.29, 0.717) is 29.5 Å². The molecule has 0 spiro atoms. The fraction of sp³-hybridized carbons (Fsp3) is 0.438. The normalized spacial score (nSPS) is 11.5. The number of hydrogen-bond donors (Lipinski definition) is 1. The van der Waals surface area contributed by atoms with Crippen LogP contribution in [-0.2, 0) is 4.74 Å². The van der Waals surface area contributed by atoms with E-state index in [-0.39, 0.29) is 11.5 Å². The highest BCUT2D eigenvalue weighted by Crippen LogP contribution is 2.31. The van der Waals surface area contributed by atoms with Gasteiger partial charge in [-0.1, -0.05) is 6.92 Å². The van der Waals surface area contributed by atoms with E-state index in [2.05, 4.69) is 10.3 Å². The zero-order chi connectivity index (χ0) is 16.3. The van der Waals surface area contributed by atoms with E-state index >= 15 is 0 Å². The molecule has 2 aromatic rings. The van der Waals surface area contributed by atoms with Gasteiger partial charge in [-0.05, 0) is 33.3 Å². The summed E-state index contributed by atoms with van der Waals surface area (Å²) < 4.78 is 10.8. The number of hydrogen-bond acceptors (Lipinski definition) is 5. The summed E-state index contributed by atoms with van der Waals surface area (Å²) in [6, 6.07) is 1.69. The zero-order valence-electron chi connectivity index (χ0n) is 13.2. The lowest BCUT2D eigenvalue weighted by Crippen LogP contribution is -2.27. The molecule has 0 aliphatic heterocycles. The van der Waals surface area contributed by atoms with Crippen LogP contribution >= 0.6 is 0 Å². The van der Waals surface area contributed by atoms with Crippen LogP contribution in [0.15, 0.2) is 22.9 Å².